The van der Waals surface area contributed by atoms with E-state index in [2.05, 4.69) is 19.8 Å². The molecular weight excluding hydrogens is 378 g/mol. The molecule has 10 heteroatoms. The Hall–Kier alpha value is -3.43. The molecule has 2 rings (SSSR count). The first-order valence-corrected chi connectivity index (χ1v) is 8.02. The number of H-pyrrole nitrogens is 1. The smallest absolute Gasteiger partial charge is 0.387 e. The second kappa shape index (κ2) is 8.98. The number of carbonyl (C=O) groups excluding carboxylic acids is 3. The van der Waals surface area contributed by atoms with Gasteiger partial charge in [0.05, 0.1) is 12.7 Å². The van der Waals surface area contributed by atoms with Crippen LogP contribution in [0.5, 0.6) is 5.75 Å². The highest BCUT2D eigenvalue weighted by atomic mass is 19.3. The molecule has 28 heavy (non-hydrogen) atoms. The third-order valence-corrected chi connectivity index (χ3v) is 3.73. The SMILES string of the molecule is COC(=O)c1c(C)[nH]c(C(=O)OCC(=O)Nc2ccc(OC(F)F)cc2)c1C. The maximum absolute atomic E-state index is 12.2. The highest BCUT2D eigenvalue weighted by Crippen LogP contribution is 2.20. The predicted octanol–water partition coefficient (Wildman–Crippen LogP) is 2.82. The fourth-order valence-corrected chi connectivity index (χ4v) is 2.48. The minimum absolute atomic E-state index is 0.0409. The van der Waals surface area contributed by atoms with E-state index < -0.39 is 31.1 Å². The molecule has 0 radical (unpaired) electrons. The number of aryl methyl sites for hydroxylation is 1. The summed E-state index contributed by atoms with van der Waals surface area (Å²) in [6.45, 7) is -0.377. The number of rotatable bonds is 7. The number of esters is 2. The molecule has 8 nitrogen and oxygen atoms in total. The Kier molecular flexibility index (Phi) is 6.69. The maximum atomic E-state index is 12.2. The van der Waals surface area contributed by atoms with Crippen LogP contribution >= 0.6 is 0 Å². The molecule has 1 amide bonds. The number of hydrogen-bond donors (Lipinski definition) is 2. The van der Waals surface area contributed by atoms with Gasteiger partial charge in [0.1, 0.15) is 11.4 Å². The van der Waals surface area contributed by atoms with Gasteiger partial charge in [-0.3, -0.25) is 4.79 Å². The number of hydrogen-bond acceptors (Lipinski definition) is 6. The van der Waals surface area contributed by atoms with Gasteiger partial charge in [-0.2, -0.15) is 8.78 Å². The van der Waals surface area contributed by atoms with Crippen molar-refractivity contribution in [1.29, 1.82) is 0 Å². The lowest BCUT2D eigenvalue weighted by Gasteiger charge is -2.08. The minimum Gasteiger partial charge on any atom is -0.465 e. The zero-order valence-electron chi connectivity index (χ0n) is 15.3. The number of amides is 1. The van der Waals surface area contributed by atoms with E-state index in [0.29, 0.717) is 16.9 Å². The predicted molar refractivity (Wildman–Crippen MR) is 93.6 cm³/mol. The van der Waals surface area contributed by atoms with Crippen LogP contribution in [0.2, 0.25) is 0 Å². The Morgan fingerprint density at radius 1 is 1.11 bits per heavy atom. The first-order valence-electron chi connectivity index (χ1n) is 8.02. The van der Waals surface area contributed by atoms with Gasteiger partial charge in [-0.05, 0) is 43.7 Å². The Morgan fingerprint density at radius 3 is 2.32 bits per heavy atom. The normalized spacial score (nSPS) is 10.5. The Balaban J connectivity index is 1.94. The number of aromatic amines is 1. The van der Waals surface area contributed by atoms with E-state index in [9.17, 15) is 23.2 Å². The monoisotopic (exact) mass is 396 g/mol. The van der Waals surface area contributed by atoms with Gasteiger partial charge < -0.3 is 24.5 Å². The molecule has 0 aliphatic heterocycles. The van der Waals surface area contributed by atoms with E-state index in [1.54, 1.807) is 13.8 Å². The molecule has 0 saturated carbocycles. The molecule has 2 aromatic rings. The molecule has 0 unspecified atom stereocenters. The number of carbonyl (C=O) groups is 3. The number of aromatic nitrogens is 1. The summed E-state index contributed by atoms with van der Waals surface area (Å²) >= 11 is 0. The van der Waals surface area contributed by atoms with Gasteiger partial charge in [-0.25, -0.2) is 9.59 Å². The van der Waals surface area contributed by atoms with Crippen molar-refractivity contribution in [3.05, 3.63) is 46.8 Å². The van der Waals surface area contributed by atoms with Crippen molar-refractivity contribution < 1.29 is 37.4 Å². The third-order valence-electron chi connectivity index (χ3n) is 3.73. The summed E-state index contributed by atoms with van der Waals surface area (Å²) in [6.07, 6.45) is 0. The summed E-state index contributed by atoms with van der Waals surface area (Å²) in [6, 6.07) is 5.23. The highest BCUT2D eigenvalue weighted by molar-refractivity contribution is 5.99. The number of nitrogens with one attached hydrogen (secondary N) is 2. The second-order valence-electron chi connectivity index (χ2n) is 5.64. The van der Waals surface area contributed by atoms with Gasteiger partial charge in [-0.15, -0.1) is 0 Å². The van der Waals surface area contributed by atoms with E-state index >= 15 is 0 Å². The van der Waals surface area contributed by atoms with Crippen molar-refractivity contribution >= 4 is 23.5 Å². The summed E-state index contributed by atoms with van der Waals surface area (Å²) in [7, 11) is 1.22. The summed E-state index contributed by atoms with van der Waals surface area (Å²) in [5.74, 6) is -2.10. The molecule has 1 aromatic heterocycles. The summed E-state index contributed by atoms with van der Waals surface area (Å²) < 4.78 is 38.0. The number of ether oxygens (including phenoxy) is 3. The first-order chi connectivity index (χ1) is 13.2. The van der Waals surface area contributed by atoms with E-state index in [1.165, 1.54) is 31.4 Å². The van der Waals surface area contributed by atoms with Crippen LogP contribution in [0.1, 0.15) is 32.1 Å². The topological polar surface area (TPSA) is 107 Å². The van der Waals surface area contributed by atoms with Gasteiger partial charge in [0, 0.05) is 11.4 Å². The number of alkyl halides is 2. The summed E-state index contributed by atoms with van der Waals surface area (Å²) in [4.78, 5) is 38.5. The van der Waals surface area contributed by atoms with Crippen molar-refractivity contribution in [3.8, 4) is 5.75 Å². The zero-order chi connectivity index (χ0) is 20.8. The standard InChI is InChI=1S/C18H18F2N2O6/c1-9-14(16(24)26-3)10(2)21-15(9)17(25)27-8-13(23)22-11-4-6-12(7-5-11)28-18(19)20/h4-7,18,21H,8H2,1-3H3,(H,22,23). The number of halogens is 2. The van der Waals surface area contributed by atoms with Crippen molar-refractivity contribution in [2.24, 2.45) is 0 Å². The van der Waals surface area contributed by atoms with E-state index in [-0.39, 0.29) is 17.0 Å². The van der Waals surface area contributed by atoms with Crippen LogP contribution < -0.4 is 10.1 Å². The molecular formula is C18H18F2N2O6. The van der Waals surface area contributed by atoms with E-state index in [4.69, 9.17) is 4.74 Å². The van der Waals surface area contributed by atoms with Crippen molar-refractivity contribution in [3.63, 3.8) is 0 Å². The zero-order valence-corrected chi connectivity index (χ0v) is 15.3. The van der Waals surface area contributed by atoms with Crippen LogP contribution in [-0.2, 0) is 14.3 Å². The van der Waals surface area contributed by atoms with Crippen molar-refractivity contribution in [2.75, 3.05) is 19.0 Å². The lowest BCUT2D eigenvalue weighted by molar-refractivity contribution is -0.119. The van der Waals surface area contributed by atoms with E-state index in [0.717, 1.165) is 0 Å². The van der Waals surface area contributed by atoms with Crippen LogP contribution in [0.4, 0.5) is 14.5 Å². The molecule has 150 valence electrons. The van der Waals surface area contributed by atoms with Gasteiger partial charge in [-0.1, -0.05) is 0 Å². The summed E-state index contributed by atoms with van der Waals surface area (Å²) in [5.41, 5.74) is 1.36. The highest BCUT2D eigenvalue weighted by Gasteiger charge is 2.23. The maximum Gasteiger partial charge on any atom is 0.387 e. The van der Waals surface area contributed by atoms with Crippen LogP contribution in [0, 0.1) is 13.8 Å². The van der Waals surface area contributed by atoms with Gasteiger partial charge >= 0.3 is 18.6 Å². The molecule has 0 fully saturated rings. The minimum atomic E-state index is -2.94. The Morgan fingerprint density at radius 2 is 1.75 bits per heavy atom. The van der Waals surface area contributed by atoms with Crippen LogP contribution in [0.3, 0.4) is 0 Å². The molecule has 0 bridgehead atoms. The molecule has 1 heterocycles. The van der Waals surface area contributed by atoms with Crippen LogP contribution in [-0.4, -0.2) is 43.2 Å². The Labute approximate surface area is 158 Å². The molecule has 1 aromatic carbocycles. The quantitative estimate of drug-likeness (QED) is 0.697. The average Bonchev–Trinajstić information content (AvgIpc) is 2.94. The number of benzene rings is 1. The van der Waals surface area contributed by atoms with Gasteiger partial charge in [0.25, 0.3) is 5.91 Å². The van der Waals surface area contributed by atoms with E-state index in [1.807, 2.05) is 0 Å². The first kappa shape index (κ1) is 20.9. The molecule has 0 spiro atoms. The van der Waals surface area contributed by atoms with Gasteiger partial charge in [0.2, 0.25) is 0 Å². The molecule has 2 N–H and O–H groups in total. The lowest BCUT2D eigenvalue weighted by Crippen LogP contribution is -2.21. The van der Waals surface area contributed by atoms with Crippen LogP contribution in [0.25, 0.3) is 0 Å². The second-order valence-corrected chi connectivity index (χ2v) is 5.64. The number of anilines is 1. The van der Waals surface area contributed by atoms with Gasteiger partial charge in [0.15, 0.2) is 6.61 Å². The molecule has 0 aliphatic rings. The van der Waals surface area contributed by atoms with Crippen molar-refractivity contribution in [1.82, 2.24) is 4.98 Å². The van der Waals surface area contributed by atoms with Crippen molar-refractivity contribution in [2.45, 2.75) is 20.5 Å². The Bertz CT molecular complexity index is 877. The summed E-state index contributed by atoms with van der Waals surface area (Å²) in [5, 5.41) is 2.44. The molecule has 0 atom stereocenters. The third kappa shape index (κ3) is 5.06. The molecule has 0 aliphatic carbocycles. The largest absolute Gasteiger partial charge is 0.465 e. The fraction of sp³-hybridized carbons (Fsp3) is 0.278. The fourth-order valence-electron chi connectivity index (χ4n) is 2.48. The lowest BCUT2D eigenvalue weighted by atomic mass is 10.1. The molecule has 0 saturated heterocycles. The number of methoxy groups -OCH3 is 1. The van der Waals surface area contributed by atoms with Crippen LogP contribution in [0.15, 0.2) is 24.3 Å². The average molecular weight is 396 g/mol.